The van der Waals surface area contributed by atoms with Crippen molar-refractivity contribution in [2.75, 3.05) is 43.9 Å². The summed E-state index contributed by atoms with van der Waals surface area (Å²) in [6.07, 6.45) is 0. The van der Waals surface area contributed by atoms with Crippen LogP contribution in [0.3, 0.4) is 0 Å². The standard InChI is InChI=1S/C17H22N3O2P/c1-22-23(21)17-10-6-5-9-16(17)19-12-14-20(23)13-11-18-15-7-3-2-4-8-15/h2-10,18-19H,11-14H2,1H3. The van der Waals surface area contributed by atoms with Gasteiger partial charge in [0.25, 0.3) is 0 Å². The fraction of sp³-hybridized carbons (Fsp3) is 0.294. The van der Waals surface area contributed by atoms with Crippen molar-refractivity contribution < 1.29 is 9.09 Å². The Bertz CT molecular complexity index is 693. The Morgan fingerprint density at radius 2 is 1.91 bits per heavy atom. The van der Waals surface area contributed by atoms with Crippen LogP contribution in [0.2, 0.25) is 0 Å². The van der Waals surface area contributed by atoms with Gasteiger partial charge in [-0.25, -0.2) is 4.67 Å². The van der Waals surface area contributed by atoms with Crippen molar-refractivity contribution in [1.82, 2.24) is 4.67 Å². The quantitative estimate of drug-likeness (QED) is 0.825. The van der Waals surface area contributed by atoms with Gasteiger partial charge in [-0.3, -0.25) is 4.57 Å². The smallest absolute Gasteiger partial charge is 0.304 e. The van der Waals surface area contributed by atoms with Crippen LogP contribution >= 0.6 is 7.52 Å². The molecule has 1 heterocycles. The summed E-state index contributed by atoms with van der Waals surface area (Å²) in [4.78, 5) is 0. The van der Waals surface area contributed by atoms with Gasteiger partial charge in [0.15, 0.2) is 0 Å². The van der Waals surface area contributed by atoms with Crippen LogP contribution in [0.1, 0.15) is 0 Å². The molecule has 0 aromatic heterocycles. The van der Waals surface area contributed by atoms with Crippen molar-refractivity contribution in [3.8, 4) is 0 Å². The molecule has 0 saturated carbocycles. The summed E-state index contributed by atoms with van der Waals surface area (Å²) in [7, 11) is -1.50. The van der Waals surface area contributed by atoms with Gasteiger partial charge < -0.3 is 15.2 Å². The second-order valence-electron chi connectivity index (χ2n) is 5.39. The molecule has 1 atom stereocenters. The highest BCUT2D eigenvalue weighted by molar-refractivity contribution is 7.65. The Morgan fingerprint density at radius 1 is 1.17 bits per heavy atom. The van der Waals surface area contributed by atoms with Crippen molar-refractivity contribution in [2.24, 2.45) is 0 Å². The lowest BCUT2D eigenvalue weighted by molar-refractivity contribution is 0.325. The SMILES string of the molecule is COP1(=O)c2ccccc2NCCN1CCNc1ccccc1. The molecule has 0 aliphatic carbocycles. The van der Waals surface area contributed by atoms with Crippen LogP contribution in [-0.2, 0) is 9.09 Å². The van der Waals surface area contributed by atoms with Gasteiger partial charge in [0.05, 0.1) is 5.30 Å². The summed E-state index contributed by atoms with van der Waals surface area (Å²) in [6, 6.07) is 17.7. The first-order valence-corrected chi connectivity index (χ1v) is 9.35. The van der Waals surface area contributed by atoms with Crippen molar-refractivity contribution in [1.29, 1.82) is 0 Å². The average Bonchev–Trinajstić information content (AvgIpc) is 2.74. The zero-order chi connectivity index (χ0) is 16.1. The van der Waals surface area contributed by atoms with Gasteiger partial charge in [-0.15, -0.1) is 0 Å². The Balaban J connectivity index is 1.75. The minimum absolute atomic E-state index is 0.649. The first-order chi connectivity index (χ1) is 11.2. The second-order valence-corrected chi connectivity index (χ2v) is 7.85. The van der Waals surface area contributed by atoms with Crippen LogP contribution in [0.4, 0.5) is 11.4 Å². The molecule has 2 N–H and O–H groups in total. The van der Waals surface area contributed by atoms with Gasteiger partial charge in [0, 0.05) is 44.7 Å². The third-order valence-electron chi connectivity index (χ3n) is 3.99. The summed E-state index contributed by atoms with van der Waals surface area (Å²) in [5.41, 5.74) is 1.96. The number of nitrogens with one attached hydrogen (secondary N) is 2. The highest BCUT2D eigenvalue weighted by Gasteiger charge is 2.36. The van der Waals surface area contributed by atoms with Crippen LogP contribution in [0.25, 0.3) is 0 Å². The molecular formula is C17H22N3O2P. The Labute approximate surface area is 137 Å². The fourth-order valence-corrected chi connectivity index (χ4v) is 5.01. The average molecular weight is 331 g/mol. The van der Waals surface area contributed by atoms with E-state index in [0.717, 1.165) is 23.2 Å². The summed E-state index contributed by atoms with van der Waals surface area (Å²) in [5.74, 6) is 0. The second kappa shape index (κ2) is 7.18. The number of fused-ring (bicyclic) bond motifs is 1. The predicted octanol–water partition coefficient (Wildman–Crippen LogP) is 2.99. The van der Waals surface area contributed by atoms with Crippen LogP contribution in [0, 0.1) is 0 Å². The third kappa shape index (κ3) is 3.42. The molecule has 122 valence electrons. The summed E-state index contributed by atoms with van der Waals surface area (Å²) in [5, 5.41) is 7.45. The van der Waals surface area contributed by atoms with E-state index >= 15 is 0 Å². The third-order valence-corrected chi connectivity index (χ3v) is 6.63. The van der Waals surface area contributed by atoms with Crippen molar-refractivity contribution in [2.45, 2.75) is 0 Å². The zero-order valence-electron chi connectivity index (χ0n) is 13.2. The molecular weight excluding hydrogens is 309 g/mol. The van der Waals surface area contributed by atoms with E-state index in [9.17, 15) is 4.57 Å². The topological polar surface area (TPSA) is 53.6 Å². The highest BCUT2D eigenvalue weighted by atomic mass is 31.2. The molecule has 0 fully saturated rings. The normalized spacial score (nSPS) is 21.1. The maximum Gasteiger partial charge on any atom is 0.304 e. The number of nitrogens with zero attached hydrogens (tertiary/aromatic N) is 1. The van der Waals surface area contributed by atoms with Gasteiger partial charge in [0.2, 0.25) is 0 Å². The summed E-state index contributed by atoms with van der Waals surface area (Å²) < 4.78 is 20.9. The van der Waals surface area contributed by atoms with E-state index in [-0.39, 0.29) is 0 Å². The first kappa shape index (κ1) is 16.1. The summed E-state index contributed by atoms with van der Waals surface area (Å²) >= 11 is 0. The van der Waals surface area contributed by atoms with Crippen molar-refractivity contribution in [3.05, 3.63) is 54.6 Å². The Kier molecular flexibility index (Phi) is 5.01. The van der Waals surface area contributed by atoms with E-state index < -0.39 is 7.52 Å². The molecule has 0 bridgehead atoms. The van der Waals surface area contributed by atoms with E-state index in [2.05, 4.69) is 10.6 Å². The number of hydrogen-bond acceptors (Lipinski definition) is 4. The molecule has 3 rings (SSSR count). The van der Waals surface area contributed by atoms with Crippen molar-refractivity contribution >= 4 is 24.2 Å². The first-order valence-electron chi connectivity index (χ1n) is 7.77. The minimum Gasteiger partial charge on any atom is -0.384 e. The van der Waals surface area contributed by atoms with Gasteiger partial charge in [-0.1, -0.05) is 30.3 Å². The maximum atomic E-state index is 13.5. The van der Waals surface area contributed by atoms with Crippen LogP contribution in [0.5, 0.6) is 0 Å². The molecule has 1 aliphatic heterocycles. The molecule has 23 heavy (non-hydrogen) atoms. The lowest BCUT2D eigenvalue weighted by Gasteiger charge is -2.28. The number of hydrogen-bond donors (Lipinski definition) is 2. The fourth-order valence-electron chi connectivity index (χ4n) is 2.82. The number of anilines is 2. The van der Waals surface area contributed by atoms with Crippen LogP contribution in [0.15, 0.2) is 54.6 Å². The minimum atomic E-state index is -3.03. The lowest BCUT2D eigenvalue weighted by Crippen LogP contribution is -2.32. The van der Waals surface area contributed by atoms with Crippen LogP contribution in [-0.4, -0.2) is 38.0 Å². The number of rotatable bonds is 5. The maximum absolute atomic E-state index is 13.5. The molecule has 0 spiro atoms. The van der Waals surface area contributed by atoms with Gasteiger partial charge >= 0.3 is 7.52 Å². The van der Waals surface area contributed by atoms with Gasteiger partial charge in [-0.05, 0) is 24.3 Å². The zero-order valence-corrected chi connectivity index (χ0v) is 14.1. The summed E-state index contributed by atoms with van der Waals surface area (Å²) in [6.45, 7) is 2.78. The van der Waals surface area contributed by atoms with E-state index in [0.29, 0.717) is 19.6 Å². The molecule has 1 aliphatic rings. The van der Waals surface area contributed by atoms with Crippen LogP contribution < -0.4 is 15.9 Å². The molecule has 0 saturated heterocycles. The Morgan fingerprint density at radius 3 is 2.70 bits per heavy atom. The number of para-hydroxylation sites is 2. The predicted molar refractivity (Wildman–Crippen MR) is 95.7 cm³/mol. The lowest BCUT2D eigenvalue weighted by atomic mass is 10.3. The highest BCUT2D eigenvalue weighted by Crippen LogP contribution is 2.51. The van der Waals surface area contributed by atoms with E-state index in [1.165, 1.54) is 7.11 Å². The van der Waals surface area contributed by atoms with Crippen molar-refractivity contribution in [3.63, 3.8) is 0 Å². The van der Waals surface area contributed by atoms with Gasteiger partial charge in [-0.2, -0.15) is 0 Å². The molecule has 2 aromatic rings. The van der Waals surface area contributed by atoms with E-state index in [1.807, 2.05) is 59.3 Å². The molecule has 0 amide bonds. The monoisotopic (exact) mass is 331 g/mol. The number of benzene rings is 2. The molecule has 0 radical (unpaired) electrons. The molecule has 5 nitrogen and oxygen atoms in total. The Hall–Kier alpha value is -1.81. The van der Waals surface area contributed by atoms with Gasteiger partial charge in [0.1, 0.15) is 0 Å². The largest absolute Gasteiger partial charge is 0.384 e. The molecule has 6 heteroatoms. The van der Waals surface area contributed by atoms with E-state index in [4.69, 9.17) is 4.52 Å². The molecule has 1 unspecified atom stereocenters. The molecule has 2 aromatic carbocycles. The van der Waals surface area contributed by atoms with E-state index in [1.54, 1.807) is 0 Å².